The smallest absolute Gasteiger partial charge is 0.398 e. The zero-order chi connectivity index (χ0) is 33.3. The van der Waals surface area contributed by atoms with Gasteiger partial charge in [-0.25, -0.2) is 0 Å². The van der Waals surface area contributed by atoms with E-state index in [1.165, 1.54) is 23.0 Å². The highest BCUT2D eigenvalue weighted by atomic mass is 79.9. The van der Waals surface area contributed by atoms with E-state index in [0.717, 1.165) is 29.9 Å². The summed E-state index contributed by atoms with van der Waals surface area (Å²) in [6, 6.07) is 9.91. The van der Waals surface area contributed by atoms with Crippen LogP contribution in [0.3, 0.4) is 0 Å². The maximum absolute atomic E-state index is 12.6. The molecule has 0 atom stereocenters. The average molecular weight is 689 g/mol. The third-order valence-corrected chi connectivity index (χ3v) is 7.85. The molecule has 0 bridgehead atoms. The molecule has 2 aromatic carbocycles. The van der Waals surface area contributed by atoms with E-state index >= 15 is 0 Å². The molecule has 44 heavy (non-hydrogen) atoms. The number of rotatable bonds is 2. The molecule has 1 fully saturated rings. The number of aryl methyl sites for hydroxylation is 2. The molecule has 0 radical (unpaired) electrons. The second-order valence-corrected chi connectivity index (χ2v) is 11.7. The Bertz CT molecular complexity index is 1570. The first-order valence-electron chi connectivity index (χ1n) is 13.0. The Morgan fingerprint density at radius 3 is 1.64 bits per heavy atom. The van der Waals surface area contributed by atoms with Gasteiger partial charge < -0.3 is 20.8 Å². The second kappa shape index (κ2) is 12.9. The van der Waals surface area contributed by atoms with Gasteiger partial charge in [-0.3, -0.25) is 9.36 Å². The van der Waals surface area contributed by atoms with Crippen LogP contribution in [-0.4, -0.2) is 37.9 Å². The molecule has 1 aliphatic rings. The van der Waals surface area contributed by atoms with Crippen molar-refractivity contribution in [1.82, 2.24) is 19.6 Å². The van der Waals surface area contributed by atoms with Gasteiger partial charge in [0.15, 0.2) is 0 Å². The van der Waals surface area contributed by atoms with E-state index in [-0.39, 0.29) is 22.8 Å². The lowest BCUT2D eigenvalue weighted by Gasteiger charge is -2.32. The predicted molar refractivity (Wildman–Crippen MR) is 161 cm³/mol. The Hall–Kier alpha value is -3.50. The summed E-state index contributed by atoms with van der Waals surface area (Å²) in [5, 5.41) is 8.02. The number of nitrogen functional groups attached to an aromatic ring is 2. The summed E-state index contributed by atoms with van der Waals surface area (Å²) < 4.78 is 89.2. The fourth-order valence-electron chi connectivity index (χ4n) is 3.88. The van der Waals surface area contributed by atoms with Crippen molar-refractivity contribution in [2.24, 2.45) is 14.1 Å². The van der Waals surface area contributed by atoms with E-state index in [1.54, 1.807) is 24.0 Å². The Kier molecular flexibility index (Phi) is 10.2. The molecule has 8 nitrogen and oxygen atoms in total. The van der Waals surface area contributed by atoms with Gasteiger partial charge >= 0.3 is 19.5 Å². The van der Waals surface area contributed by atoms with Gasteiger partial charge in [0.25, 0.3) is 0 Å². The van der Waals surface area contributed by atoms with Crippen molar-refractivity contribution in [3.05, 3.63) is 76.5 Å². The van der Waals surface area contributed by atoms with Crippen molar-refractivity contribution < 1.29 is 35.7 Å². The van der Waals surface area contributed by atoms with E-state index in [9.17, 15) is 26.3 Å². The maximum atomic E-state index is 12.6. The normalized spacial score (nSPS) is 15.7. The summed E-state index contributed by atoms with van der Waals surface area (Å²) in [5.41, 5.74) is 11.4. The number of anilines is 2. The molecule has 16 heteroatoms. The van der Waals surface area contributed by atoms with Gasteiger partial charge in [-0.05, 0) is 92.2 Å². The van der Waals surface area contributed by atoms with Crippen LogP contribution in [0.25, 0.3) is 11.3 Å². The summed E-state index contributed by atoms with van der Waals surface area (Å²) in [7, 11) is 3.22. The number of alkyl halides is 6. The predicted octanol–water partition coefficient (Wildman–Crippen LogP) is 6.46. The lowest BCUT2D eigenvalue weighted by atomic mass is 9.85. The van der Waals surface area contributed by atoms with Gasteiger partial charge in [-0.2, -0.15) is 36.5 Å². The summed E-state index contributed by atoms with van der Waals surface area (Å²) in [6.45, 7) is 8.18. The molecule has 5 rings (SSSR count). The molecule has 2 aromatic heterocycles. The number of nitrogens with zero attached hydrogens (tertiary/aromatic N) is 4. The van der Waals surface area contributed by atoms with Crippen LogP contribution in [0.15, 0.2) is 65.4 Å². The van der Waals surface area contributed by atoms with Crippen LogP contribution in [0, 0.1) is 0 Å². The van der Waals surface area contributed by atoms with Gasteiger partial charge in [0, 0.05) is 47.9 Å². The number of hydrogen-bond donors (Lipinski definition) is 2. The quantitative estimate of drug-likeness (QED) is 0.142. The van der Waals surface area contributed by atoms with Crippen molar-refractivity contribution in [3.63, 3.8) is 0 Å². The van der Waals surface area contributed by atoms with Crippen LogP contribution < -0.4 is 17.1 Å². The lowest BCUT2D eigenvalue weighted by Crippen LogP contribution is -2.41. The molecule has 0 saturated carbocycles. The Labute approximate surface area is 259 Å². The van der Waals surface area contributed by atoms with Crippen LogP contribution >= 0.6 is 15.9 Å². The topological polar surface area (TPSA) is 106 Å². The maximum Gasteiger partial charge on any atom is 0.514 e. The van der Waals surface area contributed by atoms with Gasteiger partial charge in [0.2, 0.25) is 0 Å². The van der Waals surface area contributed by atoms with Crippen LogP contribution in [0.4, 0.5) is 37.7 Å². The Morgan fingerprint density at radius 2 is 1.20 bits per heavy atom. The minimum Gasteiger partial charge on any atom is -0.398 e. The van der Waals surface area contributed by atoms with Crippen LogP contribution in [0.5, 0.6) is 0 Å². The van der Waals surface area contributed by atoms with E-state index < -0.39 is 23.5 Å². The van der Waals surface area contributed by atoms with E-state index in [2.05, 4.69) is 26.1 Å². The number of benzene rings is 2. The molecule has 4 N–H and O–H groups in total. The molecule has 3 heterocycles. The van der Waals surface area contributed by atoms with E-state index in [0.29, 0.717) is 22.6 Å². The van der Waals surface area contributed by atoms with Crippen molar-refractivity contribution in [1.29, 1.82) is 0 Å². The highest BCUT2D eigenvalue weighted by Gasteiger charge is 2.52. The van der Waals surface area contributed by atoms with E-state index in [1.807, 2.05) is 40.8 Å². The first kappa shape index (κ1) is 35.0. The standard InChI is InChI=1S/C11H10F3N3.C10H17BN2O2.C7H5BrF3N/c1-17-10(4-5-16-17)8-6-7(11(12,13)14)2-3-9(8)15;1-9(2)10(3,4)15-11(14-9)8-6-7-12-13(8)5;8-5-3-4(7(9,10)11)1-2-6(5)12/h2-6H,15H2,1H3;6-7H,1-5H3;1-3H,12H2. The summed E-state index contributed by atoms with van der Waals surface area (Å²) in [6.07, 6.45) is -5.42. The van der Waals surface area contributed by atoms with Crippen molar-refractivity contribution >= 4 is 40.0 Å². The molecule has 238 valence electrons. The third-order valence-electron chi connectivity index (χ3n) is 7.16. The number of nitrogens with two attached hydrogens (primary N) is 2. The zero-order valence-corrected chi connectivity index (χ0v) is 26.3. The molecule has 0 amide bonds. The van der Waals surface area contributed by atoms with E-state index in [4.69, 9.17) is 20.8 Å². The van der Waals surface area contributed by atoms with Crippen molar-refractivity contribution in [3.8, 4) is 11.3 Å². The molecule has 4 aromatic rings. The number of aromatic nitrogens is 4. The largest absolute Gasteiger partial charge is 0.514 e. The Balaban J connectivity index is 0.000000183. The molecule has 1 saturated heterocycles. The highest BCUT2D eigenvalue weighted by Crippen LogP contribution is 2.37. The third kappa shape index (κ3) is 8.15. The zero-order valence-electron chi connectivity index (χ0n) is 24.8. The summed E-state index contributed by atoms with van der Waals surface area (Å²) >= 11 is 2.91. The fourth-order valence-corrected chi connectivity index (χ4v) is 4.25. The lowest BCUT2D eigenvalue weighted by molar-refractivity contribution is -0.138. The minimum atomic E-state index is -4.37. The molecule has 0 aliphatic carbocycles. The monoisotopic (exact) mass is 688 g/mol. The minimum absolute atomic E-state index is 0.261. The average Bonchev–Trinajstić information content (AvgIpc) is 3.57. The molecular formula is C28H32BBrF6N6O2. The first-order chi connectivity index (χ1) is 20.1. The number of hydrogen-bond acceptors (Lipinski definition) is 6. The van der Waals surface area contributed by atoms with Gasteiger partial charge in [-0.1, -0.05) is 0 Å². The second-order valence-electron chi connectivity index (χ2n) is 10.8. The summed E-state index contributed by atoms with van der Waals surface area (Å²) in [5.74, 6) is 0. The van der Waals surface area contributed by atoms with Crippen molar-refractivity contribution in [2.45, 2.75) is 51.2 Å². The SMILES string of the molecule is Cn1nccc1-c1cc(C(F)(F)F)ccc1N.Cn1nccc1B1OC(C)(C)C(C)(C)O1.Nc1ccc(C(F)(F)F)cc1Br. The van der Waals surface area contributed by atoms with Crippen LogP contribution in [0.2, 0.25) is 0 Å². The highest BCUT2D eigenvalue weighted by molar-refractivity contribution is 9.10. The number of halogens is 7. The molecular weight excluding hydrogens is 657 g/mol. The fraction of sp³-hybridized carbons (Fsp3) is 0.357. The first-order valence-corrected chi connectivity index (χ1v) is 13.8. The van der Waals surface area contributed by atoms with Crippen LogP contribution in [0.1, 0.15) is 38.8 Å². The van der Waals surface area contributed by atoms with Gasteiger partial charge in [-0.15, -0.1) is 0 Å². The van der Waals surface area contributed by atoms with Gasteiger partial charge in [0.05, 0.1) is 33.6 Å². The molecule has 0 spiro atoms. The van der Waals surface area contributed by atoms with Gasteiger partial charge in [0.1, 0.15) is 0 Å². The van der Waals surface area contributed by atoms with Crippen LogP contribution in [-0.2, 0) is 35.8 Å². The van der Waals surface area contributed by atoms with Crippen molar-refractivity contribution in [2.75, 3.05) is 11.5 Å². The summed E-state index contributed by atoms with van der Waals surface area (Å²) in [4.78, 5) is 0. The molecule has 1 aliphatic heterocycles. The molecule has 0 unspecified atom stereocenters. The Morgan fingerprint density at radius 1 is 0.727 bits per heavy atom.